The summed E-state index contributed by atoms with van der Waals surface area (Å²) in [5.41, 5.74) is 1.81. The molecule has 0 spiro atoms. The summed E-state index contributed by atoms with van der Waals surface area (Å²) in [6, 6.07) is 6.36. The van der Waals surface area contributed by atoms with Gasteiger partial charge in [-0.2, -0.15) is 0 Å². The number of aliphatic hydroxyl groups is 2. The lowest BCUT2D eigenvalue weighted by atomic mass is 9.91. The van der Waals surface area contributed by atoms with Crippen molar-refractivity contribution in [2.75, 3.05) is 59.1 Å². The highest BCUT2D eigenvalue weighted by Gasteiger charge is 2.46. The van der Waals surface area contributed by atoms with Gasteiger partial charge in [-0.1, -0.05) is 19.1 Å². The van der Waals surface area contributed by atoms with Crippen LogP contribution in [0, 0.1) is 5.92 Å². The molecule has 14 nitrogen and oxygen atoms in total. The Morgan fingerprint density at radius 1 is 1.09 bits per heavy atom. The second-order valence-electron chi connectivity index (χ2n) is 11.5. The van der Waals surface area contributed by atoms with Gasteiger partial charge in [0.05, 0.1) is 39.3 Å². The Bertz CT molecular complexity index is 1400. The fourth-order valence-electron chi connectivity index (χ4n) is 5.46. The highest BCUT2D eigenvalue weighted by atomic mass is 16.5. The maximum Gasteiger partial charge on any atom is 0.224 e. The molecule has 2 aromatic heterocycles. The van der Waals surface area contributed by atoms with Crippen LogP contribution in [0.3, 0.4) is 0 Å². The average Bonchev–Trinajstić information content (AvgIpc) is 3.62. The number of methoxy groups -OCH3 is 1. The van der Waals surface area contributed by atoms with Crippen LogP contribution >= 0.6 is 0 Å². The standard InChI is InChI=1S/C32H46N6O8/c1-5-12-44-14-15-45-13-6-7-23(40)17-22(16-21-8-10-24(43-4)11-9-21)31(42)36-26-25(18-39)46-32(28(26)41)38-20-35-27-29(37(2)3)33-19-34-30(27)38/h8-11,19-20,22,25-26,28,32,39,41H,5-7,12-18H2,1-4H3,(H,36,42)/t22-,25-,26-,28-,32-/m1/s1. The minimum absolute atomic E-state index is 0.00472. The summed E-state index contributed by atoms with van der Waals surface area (Å²) in [7, 11) is 5.24. The third kappa shape index (κ3) is 8.97. The summed E-state index contributed by atoms with van der Waals surface area (Å²) in [4.78, 5) is 41.6. The lowest BCUT2D eigenvalue weighted by Gasteiger charge is -2.24. The van der Waals surface area contributed by atoms with Crippen LogP contribution in [0.15, 0.2) is 36.9 Å². The average molecular weight is 643 g/mol. The highest BCUT2D eigenvalue weighted by Crippen LogP contribution is 2.33. The van der Waals surface area contributed by atoms with Gasteiger partial charge >= 0.3 is 0 Å². The molecule has 1 aliphatic rings. The topological polar surface area (TPSA) is 170 Å². The van der Waals surface area contributed by atoms with Crippen molar-refractivity contribution in [3.05, 3.63) is 42.5 Å². The SMILES string of the molecule is CCCOCCOCCCC(=O)C[C@@H](Cc1ccc(OC)cc1)C(=O)N[C@H]1[C@@H](O)[C@H](n2cnc3c(N(C)C)ncnc32)O[C@@H]1CO. The van der Waals surface area contributed by atoms with Crippen LogP contribution in [0.4, 0.5) is 5.82 Å². The number of benzene rings is 1. The molecule has 3 aromatic rings. The molecule has 0 aliphatic carbocycles. The number of amides is 1. The number of ether oxygens (including phenoxy) is 4. The molecular weight excluding hydrogens is 596 g/mol. The van der Waals surface area contributed by atoms with Crippen LogP contribution < -0.4 is 15.0 Å². The zero-order valence-corrected chi connectivity index (χ0v) is 27.0. The van der Waals surface area contributed by atoms with E-state index in [0.717, 1.165) is 12.0 Å². The van der Waals surface area contributed by atoms with Gasteiger partial charge in [0.15, 0.2) is 23.2 Å². The van der Waals surface area contributed by atoms with Gasteiger partial charge in [-0.25, -0.2) is 15.0 Å². The van der Waals surface area contributed by atoms with Gasteiger partial charge in [0, 0.05) is 46.1 Å². The van der Waals surface area contributed by atoms with Gasteiger partial charge in [-0.3, -0.25) is 14.2 Å². The number of Topliss-reactive ketones (excluding diaryl/α,β-unsaturated/α-hetero) is 1. The van der Waals surface area contributed by atoms with Crippen LogP contribution in [-0.4, -0.2) is 114 Å². The summed E-state index contributed by atoms with van der Waals surface area (Å²) in [6.07, 6.45) is 1.80. The van der Waals surface area contributed by atoms with Gasteiger partial charge in [0.2, 0.25) is 5.91 Å². The summed E-state index contributed by atoms with van der Waals surface area (Å²) >= 11 is 0. The fraction of sp³-hybridized carbons (Fsp3) is 0.594. The van der Waals surface area contributed by atoms with Gasteiger partial charge in [0.1, 0.15) is 30.1 Å². The van der Waals surface area contributed by atoms with E-state index in [1.54, 1.807) is 28.7 Å². The second-order valence-corrected chi connectivity index (χ2v) is 11.5. The number of aromatic nitrogens is 4. The first kappa shape index (κ1) is 35.2. The van der Waals surface area contributed by atoms with E-state index in [-0.39, 0.29) is 18.6 Å². The molecule has 1 saturated heterocycles. The van der Waals surface area contributed by atoms with E-state index in [2.05, 4.69) is 20.3 Å². The molecule has 1 amide bonds. The Morgan fingerprint density at radius 2 is 1.83 bits per heavy atom. The third-order valence-electron chi connectivity index (χ3n) is 7.85. The number of fused-ring (bicyclic) bond motifs is 1. The smallest absolute Gasteiger partial charge is 0.224 e. The quantitative estimate of drug-likeness (QED) is 0.162. The molecule has 1 aliphatic heterocycles. The van der Waals surface area contributed by atoms with Crippen LogP contribution in [0.1, 0.15) is 44.4 Å². The van der Waals surface area contributed by atoms with E-state index >= 15 is 0 Å². The molecule has 0 radical (unpaired) electrons. The lowest BCUT2D eigenvalue weighted by Crippen LogP contribution is -2.50. The Morgan fingerprint density at radius 3 is 2.50 bits per heavy atom. The molecule has 252 valence electrons. The molecule has 5 atom stereocenters. The largest absolute Gasteiger partial charge is 0.497 e. The number of anilines is 1. The molecule has 3 N–H and O–H groups in total. The second kappa shape index (κ2) is 17.3. The Balaban J connectivity index is 1.44. The van der Waals surface area contributed by atoms with Crippen LogP contribution in [-0.2, 0) is 30.2 Å². The monoisotopic (exact) mass is 642 g/mol. The van der Waals surface area contributed by atoms with Gasteiger partial charge in [0.25, 0.3) is 0 Å². The summed E-state index contributed by atoms with van der Waals surface area (Å²) in [5.74, 6) is 0.0604. The van der Waals surface area contributed by atoms with Gasteiger partial charge in [-0.15, -0.1) is 0 Å². The minimum atomic E-state index is -1.24. The Kier molecular flexibility index (Phi) is 13.2. The molecule has 3 heterocycles. The lowest BCUT2D eigenvalue weighted by molar-refractivity contribution is -0.131. The number of carbonyl (C=O) groups is 2. The van der Waals surface area contributed by atoms with E-state index in [4.69, 9.17) is 18.9 Å². The number of ketones is 1. The number of rotatable bonds is 19. The first-order valence-electron chi connectivity index (χ1n) is 15.7. The number of carbonyl (C=O) groups excluding carboxylic acids is 2. The predicted octanol–water partition coefficient (Wildman–Crippen LogP) is 1.68. The first-order chi connectivity index (χ1) is 22.3. The van der Waals surface area contributed by atoms with Crippen LogP contribution in [0.2, 0.25) is 0 Å². The van der Waals surface area contributed by atoms with Crippen LogP contribution in [0.25, 0.3) is 11.2 Å². The van der Waals surface area contributed by atoms with E-state index in [1.807, 2.05) is 33.2 Å². The van der Waals surface area contributed by atoms with Crippen molar-refractivity contribution in [3.63, 3.8) is 0 Å². The number of hydrogen-bond donors (Lipinski definition) is 3. The van der Waals surface area contributed by atoms with E-state index in [0.29, 0.717) is 62.0 Å². The molecule has 14 heteroatoms. The molecule has 1 fully saturated rings. The molecule has 1 aromatic carbocycles. The molecule has 0 unspecified atom stereocenters. The highest BCUT2D eigenvalue weighted by molar-refractivity contribution is 5.87. The van der Waals surface area contributed by atoms with Gasteiger partial charge in [-0.05, 0) is 37.0 Å². The van der Waals surface area contributed by atoms with E-state index in [9.17, 15) is 19.8 Å². The predicted molar refractivity (Wildman–Crippen MR) is 170 cm³/mol. The summed E-state index contributed by atoms with van der Waals surface area (Å²) < 4.78 is 23.8. The maximum atomic E-state index is 13.8. The molecular formula is C32H46N6O8. The van der Waals surface area contributed by atoms with Crippen LogP contribution in [0.5, 0.6) is 5.75 Å². The maximum absolute atomic E-state index is 13.8. The molecule has 0 saturated carbocycles. The number of hydrogen-bond acceptors (Lipinski definition) is 12. The van der Waals surface area contributed by atoms with Crippen molar-refractivity contribution >= 4 is 28.7 Å². The fourth-order valence-corrected chi connectivity index (χ4v) is 5.46. The molecule has 4 rings (SSSR count). The van der Waals surface area contributed by atoms with E-state index in [1.165, 1.54) is 12.7 Å². The van der Waals surface area contributed by atoms with Gasteiger partial charge < -0.3 is 39.4 Å². The number of imidazole rings is 1. The summed E-state index contributed by atoms with van der Waals surface area (Å²) in [5, 5.41) is 24.4. The van der Waals surface area contributed by atoms with Crippen molar-refractivity contribution in [2.45, 2.75) is 63.5 Å². The summed E-state index contributed by atoms with van der Waals surface area (Å²) in [6.45, 7) is 3.68. The zero-order valence-electron chi connectivity index (χ0n) is 27.0. The number of nitrogens with one attached hydrogen (secondary N) is 1. The molecule has 0 bridgehead atoms. The van der Waals surface area contributed by atoms with E-state index < -0.39 is 42.9 Å². The Labute approximate surface area is 269 Å². The number of aliphatic hydroxyl groups excluding tert-OH is 2. The van der Waals surface area contributed by atoms with Crippen molar-refractivity contribution in [3.8, 4) is 5.75 Å². The zero-order chi connectivity index (χ0) is 33.1. The third-order valence-corrected chi connectivity index (χ3v) is 7.85. The number of nitrogens with zero attached hydrogens (tertiary/aromatic N) is 5. The first-order valence-corrected chi connectivity index (χ1v) is 15.7. The minimum Gasteiger partial charge on any atom is -0.497 e. The normalized spacial score (nSPS) is 20.1. The molecule has 46 heavy (non-hydrogen) atoms. The van der Waals surface area contributed by atoms with Crippen molar-refractivity contribution < 1.29 is 38.7 Å². The Hall–Kier alpha value is -3.69. The van der Waals surface area contributed by atoms with Crippen molar-refractivity contribution in [1.82, 2.24) is 24.8 Å². The van der Waals surface area contributed by atoms with Crippen molar-refractivity contribution in [1.29, 1.82) is 0 Å². The van der Waals surface area contributed by atoms with Crippen molar-refractivity contribution in [2.24, 2.45) is 5.92 Å².